The molecule has 4 heteroatoms. The number of hydrogen-bond donors (Lipinski definition) is 2. The van der Waals surface area contributed by atoms with Gasteiger partial charge in [-0.2, -0.15) is 0 Å². The zero-order chi connectivity index (χ0) is 14.5. The highest BCUT2D eigenvalue weighted by atomic mass is 16.5. The summed E-state index contributed by atoms with van der Waals surface area (Å²) in [5.41, 5.74) is 6.64. The second kappa shape index (κ2) is 6.45. The Kier molecular flexibility index (Phi) is 5.21. The lowest BCUT2D eigenvalue weighted by Gasteiger charge is -2.26. The first kappa shape index (κ1) is 15.3. The van der Waals surface area contributed by atoms with E-state index in [1.165, 1.54) is 0 Å². The summed E-state index contributed by atoms with van der Waals surface area (Å²) in [5.74, 6) is 0.507. The number of benzene rings is 1. The van der Waals surface area contributed by atoms with Crippen LogP contribution in [0.25, 0.3) is 0 Å². The molecule has 19 heavy (non-hydrogen) atoms. The quantitative estimate of drug-likeness (QED) is 0.776. The van der Waals surface area contributed by atoms with Crippen LogP contribution in [0.4, 0.5) is 5.69 Å². The van der Waals surface area contributed by atoms with Crippen molar-refractivity contribution in [2.45, 2.75) is 46.1 Å². The molecule has 0 aliphatic rings. The fourth-order valence-corrected chi connectivity index (χ4v) is 2.07. The molecule has 0 unspecified atom stereocenters. The summed E-state index contributed by atoms with van der Waals surface area (Å²) in [6, 6.07) is 5.11. The number of nitrogens with two attached hydrogens (primary N) is 1. The lowest BCUT2D eigenvalue weighted by Crippen LogP contribution is -2.43. The Morgan fingerprint density at radius 3 is 2.58 bits per heavy atom. The number of nitrogen functional groups attached to an aromatic ring is 1. The summed E-state index contributed by atoms with van der Waals surface area (Å²) < 4.78 is 5.40. The molecule has 1 aromatic carbocycles. The van der Waals surface area contributed by atoms with E-state index in [9.17, 15) is 4.79 Å². The van der Waals surface area contributed by atoms with Crippen LogP contribution in [-0.2, 0) is 0 Å². The van der Waals surface area contributed by atoms with Crippen LogP contribution in [0.2, 0.25) is 0 Å². The molecule has 0 bridgehead atoms. The molecule has 0 fully saturated rings. The number of amides is 1. The van der Waals surface area contributed by atoms with Crippen molar-refractivity contribution in [1.29, 1.82) is 0 Å². The van der Waals surface area contributed by atoms with Gasteiger partial charge in [-0.15, -0.1) is 0 Å². The van der Waals surface area contributed by atoms with Crippen LogP contribution in [0, 0.1) is 0 Å². The summed E-state index contributed by atoms with van der Waals surface area (Å²) in [6.07, 6.45) is 1.95. The third kappa shape index (κ3) is 4.81. The minimum atomic E-state index is -0.220. The van der Waals surface area contributed by atoms with E-state index in [-0.39, 0.29) is 11.4 Å². The molecule has 4 nitrogen and oxygen atoms in total. The third-order valence-corrected chi connectivity index (χ3v) is 2.83. The van der Waals surface area contributed by atoms with Crippen LogP contribution >= 0.6 is 0 Å². The summed E-state index contributed by atoms with van der Waals surface area (Å²) >= 11 is 0. The van der Waals surface area contributed by atoms with Crippen molar-refractivity contribution in [2.75, 3.05) is 12.3 Å². The van der Waals surface area contributed by atoms with Crippen molar-refractivity contribution in [2.24, 2.45) is 0 Å². The predicted molar refractivity (Wildman–Crippen MR) is 78.5 cm³/mol. The molecular weight excluding hydrogens is 240 g/mol. The SMILES string of the molecule is CCCC(C)(C)NC(=O)c1cc(N)cc(OCC)c1. The second-order valence-corrected chi connectivity index (χ2v) is 5.31. The van der Waals surface area contributed by atoms with Crippen molar-refractivity contribution < 1.29 is 9.53 Å². The molecule has 0 aliphatic carbocycles. The average Bonchev–Trinajstić information content (AvgIpc) is 2.27. The molecule has 1 amide bonds. The summed E-state index contributed by atoms with van der Waals surface area (Å²) in [5, 5.41) is 3.02. The van der Waals surface area contributed by atoms with Gasteiger partial charge in [0.15, 0.2) is 0 Å². The standard InChI is InChI=1S/C15H24N2O2/c1-5-7-15(3,4)17-14(18)11-8-12(16)10-13(9-11)19-6-2/h8-10H,5-7,16H2,1-4H3,(H,17,18). The molecule has 0 saturated heterocycles. The Morgan fingerprint density at radius 1 is 1.32 bits per heavy atom. The average molecular weight is 264 g/mol. The highest BCUT2D eigenvalue weighted by molar-refractivity contribution is 5.96. The first-order valence-corrected chi connectivity index (χ1v) is 6.74. The Morgan fingerprint density at radius 2 is 2.00 bits per heavy atom. The molecule has 1 aromatic rings. The van der Waals surface area contributed by atoms with Crippen LogP contribution in [-0.4, -0.2) is 18.1 Å². The van der Waals surface area contributed by atoms with Gasteiger partial charge in [-0.1, -0.05) is 13.3 Å². The minimum absolute atomic E-state index is 0.119. The first-order valence-electron chi connectivity index (χ1n) is 6.74. The topological polar surface area (TPSA) is 64.4 Å². The van der Waals surface area contributed by atoms with Crippen molar-refractivity contribution in [3.63, 3.8) is 0 Å². The highest BCUT2D eigenvalue weighted by Crippen LogP contribution is 2.20. The van der Waals surface area contributed by atoms with E-state index in [0.717, 1.165) is 12.8 Å². The maximum absolute atomic E-state index is 12.2. The Bertz CT molecular complexity index is 442. The monoisotopic (exact) mass is 264 g/mol. The molecule has 1 rings (SSSR count). The van der Waals surface area contributed by atoms with Crippen LogP contribution in [0.1, 0.15) is 50.9 Å². The van der Waals surface area contributed by atoms with Crippen molar-refractivity contribution in [3.05, 3.63) is 23.8 Å². The van der Waals surface area contributed by atoms with E-state index in [1.54, 1.807) is 18.2 Å². The normalized spacial score (nSPS) is 11.2. The molecule has 0 radical (unpaired) electrons. The Hall–Kier alpha value is -1.71. The van der Waals surface area contributed by atoms with Gasteiger partial charge in [-0.05, 0) is 39.3 Å². The van der Waals surface area contributed by atoms with Crippen LogP contribution in [0.5, 0.6) is 5.75 Å². The Labute approximate surface area is 115 Å². The fourth-order valence-electron chi connectivity index (χ4n) is 2.07. The number of ether oxygens (including phenoxy) is 1. The number of nitrogens with one attached hydrogen (secondary N) is 1. The summed E-state index contributed by atoms with van der Waals surface area (Å²) in [4.78, 5) is 12.2. The van der Waals surface area contributed by atoms with E-state index in [2.05, 4.69) is 12.2 Å². The zero-order valence-electron chi connectivity index (χ0n) is 12.2. The molecule has 0 heterocycles. The molecule has 106 valence electrons. The molecular formula is C15H24N2O2. The van der Waals surface area contributed by atoms with Crippen LogP contribution in [0.3, 0.4) is 0 Å². The lowest BCUT2D eigenvalue weighted by atomic mass is 9.98. The maximum atomic E-state index is 12.2. The summed E-state index contributed by atoms with van der Waals surface area (Å²) in [7, 11) is 0. The van der Waals surface area contributed by atoms with E-state index in [0.29, 0.717) is 23.6 Å². The molecule has 0 saturated carbocycles. The predicted octanol–water partition coefficient (Wildman–Crippen LogP) is 2.98. The van der Waals surface area contributed by atoms with Crippen LogP contribution < -0.4 is 15.8 Å². The van der Waals surface area contributed by atoms with Gasteiger partial charge in [0.1, 0.15) is 5.75 Å². The highest BCUT2D eigenvalue weighted by Gasteiger charge is 2.20. The van der Waals surface area contributed by atoms with Gasteiger partial charge in [0.05, 0.1) is 6.61 Å². The first-order chi connectivity index (χ1) is 8.88. The maximum Gasteiger partial charge on any atom is 0.251 e. The zero-order valence-corrected chi connectivity index (χ0v) is 12.2. The second-order valence-electron chi connectivity index (χ2n) is 5.31. The molecule has 0 aromatic heterocycles. The van der Waals surface area contributed by atoms with E-state index >= 15 is 0 Å². The van der Waals surface area contributed by atoms with Gasteiger partial charge in [-0.25, -0.2) is 0 Å². The number of anilines is 1. The van der Waals surface area contributed by atoms with Crippen molar-refractivity contribution >= 4 is 11.6 Å². The summed E-state index contributed by atoms with van der Waals surface area (Å²) in [6.45, 7) is 8.58. The van der Waals surface area contributed by atoms with Gasteiger partial charge in [0.2, 0.25) is 0 Å². The fraction of sp³-hybridized carbons (Fsp3) is 0.533. The van der Waals surface area contributed by atoms with Gasteiger partial charge >= 0.3 is 0 Å². The number of carbonyl (C=O) groups excluding carboxylic acids is 1. The van der Waals surface area contributed by atoms with Gasteiger partial charge < -0.3 is 15.8 Å². The van der Waals surface area contributed by atoms with Crippen molar-refractivity contribution in [3.8, 4) is 5.75 Å². The van der Waals surface area contributed by atoms with E-state index < -0.39 is 0 Å². The minimum Gasteiger partial charge on any atom is -0.494 e. The van der Waals surface area contributed by atoms with Gasteiger partial charge in [0.25, 0.3) is 5.91 Å². The molecule has 0 spiro atoms. The van der Waals surface area contributed by atoms with Gasteiger partial charge in [0, 0.05) is 22.9 Å². The number of rotatable bonds is 6. The number of hydrogen-bond acceptors (Lipinski definition) is 3. The molecule has 3 N–H and O–H groups in total. The molecule has 0 atom stereocenters. The smallest absolute Gasteiger partial charge is 0.251 e. The number of carbonyl (C=O) groups is 1. The van der Waals surface area contributed by atoms with Gasteiger partial charge in [-0.3, -0.25) is 4.79 Å². The largest absolute Gasteiger partial charge is 0.494 e. The lowest BCUT2D eigenvalue weighted by molar-refractivity contribution is 0.0908. The third-order valence-electron chi connectivity index (χ3n) is 2.83. The van der Waals surface area contributed by atoms with E-state index in [1.807, 2.05) is 20.8 Å². The van der Waals surface area contributed by atoms with Crippen LogP contribution in [0.15, 0.2) is 18.2 Å². The van der Waals surface area contributed by atoms with E-state index in [4.69, 9.17) is 10.5 Å². The Balaban J connectivity index is 2.87. The molecule has 0 aliphatic heterocycles. The van der Waals surface area contributed by atoms with Crippen molar-refractivity contribution in [1.82, 2.24) is 5.32 Å².